The number of rotatable bonds is 33. The Labute approximate surface area is 539 Å². The Balaban J connectivity index is 2.34. The maximum absolute atomic E-state index is 14.8. The lowest BCUT2D eigenvalue weighted by Gasteiger charge is -2.29. The van der Waals surface area contributed by atoms with E-state index in [1.165, 1.54) is 6.20 Å². The summed E-state index contributed by atoms with van der Waals surface area (Å²) in [4.78, 5) is 159. The van der Waals surface area contributed by atoms with Gasteiger partial charge in [-0.1, -0.05) is 44.2 Å². The van der Waals surface area contributed by atoms with E-state index in [9.17, 15) is 52.7 Å². The SMILES string of the molecule is CC(C)C[C@@H]1NC(=O)[C@H](CCCCN)NC(=O)[C@H](CCCCN)NC(=O)[C@H](Cc2ccccc2)NC(=O)[C@H](CCCCN)NC(=O)[C@H](CCCCN)NC(=O)[C@H](Cc2cn[nH]n2)NC(=O)[C@H](CCCCN)NC(=O)[C@H](CCCCN)NC(=O)[C@H](CCC(N)=O)NC1=O. The van der Waals surface area contributed by atoms with E-state index in [0.29, 0.717) is 82.6 Å². The Morgan fingerprint density at radius 1 is 0.380 bits per heavy atom. The minimum atomic E-state index is -1.53. The van der Waals surface area contributed by atoms with Gasteiger partial charge in [0, 0.05) is 19.3 Å². The number of carbonyl (C=O) groups excluding carboxylic acids is 11. The number of nitrogens with zero attached hydrogens (tertiary/aromatic N) is 2. The molecule has 0 radical (unpaired) electrons. The van der Waals surface area contributed by atoms with E-state index in [1.54, 1.807) is 44.2 Å². The number of amides is 11. The zero-order chi connectivity index (χ0) is 67.8. The third-order valence-electron chi connectivity index (χ3n) is 15.6. The topological polar surface area (TPSA) is 532 Å². The second-order valence-electron chi connectivity index (χ2n) is 23.8. The molecule has 0 bridgehead atoms. The summed E-state index contributed by atoms with van der Waals surface area (Å²) >= 11 is 0. The summed E-state index contributed by atoms with van der Waals surface area (Å²) in [6.45, 7) is 5.02. The fourth-order valence-corrected chi connectivity index (χ4v) is 10.4. The van der Waals surface area contributed by atoms with Crippen LogP contribution in [0.15, 0.2) is 36.5 Å². The van der Waals surface area contributed by atoms with Crippen molar-refractivity contribution in [1.29, 1.82) is 0 Å². The van der Waals surface area contributed by atoms with Crippen LogP contribution < -0.4 is 93.3 Å². The summed E-state index contributed by atoms with van der Waals surface area (Å²) in [7, 11) is 0. The molecule has 0 spiro atoms. The molecule has 10 atom stereocenters. The smallest absolute Gasteiger partial charge is 0.243 e. The van der Waals surface area contributed by atoms with Gasteiger partial charge in [-0.2, -0.15) is 15.4 Å². The van der Waals surface area contributed by atoms with Crippen LogP contribution in [-0.4, -0.2) is 180 Å². The third kappa shape index (κ3) is 30.2. The molecule has 516 valence electrons. The van der Waals surface area contributed by atoms with Gasteiger partial charge in [-0.05, 0) is 179 Å². The van der Waals surface area contributed by atoms with Gasteiger partial charge in [-0.3, -0.25) is 52.7 Å². The number of nitrogens with two attached hydrogens (primary N) is 7. The van der Waals surface area contributed by atoms with E-state index in [4.69, 9.17) is 40.1 Å². The lowest BCUT2D eigenvalue weighted by atomic mass is 10.00. The zero-order valence-corrected chi connectivity index (χ0v) is 53.7. The zero-order valence-electron chi connectivity index (χ0n) is 53.7. The van der Waals surface area contributed by atoms with E-state index in [-0.39, 0.29) is 115 Å². The van der Waals surface area contributed by atoms with Crippen molar-refractivity contribution in [2.75, 3.05) is 39.3 Å². The van der Waals surface area contributed by atoms with Crippen LogP contribution >= 0.6 is 0 Å². The fraction of sp³-hybridized carbons (Fsp3) is 0.689. The third-order valence-corrected chi connectivity index (χ3v) is 15.6. The van der Waals surface area contributed by atoms with E-state index in [1.807, 2.05) is 0 Å². The van der Waals surface area contributed by atoms with Crippen LogP contribution in [0.4, 0.5) is 0 Å². The molecule has 1 aromatic heterocycles. The minimum absolute atomic E-state index is 0.00464. The van der Waals surface area contributed by atoms with Gasteiger partial charge in [-0.25, -0.2) is 0 Å². The standard InChI is InChI=1S/C61H106N20O11/c1-38(2)34-48-59(90)76-47(26-27-51(68)82)58(89)73-41(20-6-12-28-62)52(83)72-46(25-11-17-33-67)57(88)79-50(36-40-37-69-81-80-40)61(92)75-43(22-8-14-30-64)54(85)71-45(24-10-16-32-66)56(87)78-49(35-39-18-4-3-5-19-39)60(91)74-42(21-7-13-29-63)53(84)70-44(55(86)77-48)23-9-15-31-65/h3-5,18-19,37-38,41-50H,6-17,20-36,62-67H2,1-2H3,(H2,68,82)(H,70,84)(H,71,85)(H,72,83)(H,73,89)(H,74,91)(H,75,92)(H,76,90)(H,77,86)(H,78,87)(H,79,88)(H,69,80,81)/t41-,42-,43-,44-,45-,46-,47-,48-,49-,50-/m0/s1. The quantitative estimate of drug-likeness (QED) is 0.0309. The van der Waals surface area contributed by atoms with Crippen LogP contribution in [0.5, 0.6) is 0 Å². The minimum Gasteiger partial charge on any atom is -0.370 e. The van der Waals surface area contributed by atoms with Crippen molar-refractivity contribution >= 4 is 65.0 Å². The average Bonchev–Trinajstić information content (AvgIpc) is 2.17. The van der Waals surface area contributed by atoms with Gasteiger partial charge in [0.15, 0.2) is 0 Å². The maximum atomic E-state index is 14.8. The lowest BCUT2D eigenvalue weighted by molar-refractivity contribution is -0.137. The van der Waals surface area contributed by atoms with E-state index >= 15 is 0 Å². The van der Waals surface area contributed by atoms with Crippen molar-refractivity contribution in [3.05, 3.63) is 47.8 Å². The summed E-state index contributed by atoms with van der Waals surface area (Å²) in [5.41, 5.74) is 41.6. The average molecular weight is 1300 g/mol. The van der Waals surface area contributed by atoms with Gasteiger partial charge < -0.3 is 93.3 Å². The molecule has 1 aromatic carbocycles. The van der Waals surface area contributed by atoms with Crippen LogP contribution in [0.25, 0.3) is 0 Å². The Kier molecular flexibility index (Phi) is 38.2. The number of unbranched alkanes of at least 4 members (excludes halogenated alkanes) is 6. The highest BCUT2D eigenvalue weighted by atomic mass is 16.2. The van der Waals surface area contributed by atoms with E-state index in [0.717, 1.165) is 0 Å². The first-order valence-corrected chi connectivity index (χ1v) is 32.6. The molecule has 1 fully saturated rings. The molecule has 0 saturated carbocycles. The molecule has 0 unspecified atom stereocenters. The molecular formula is C61H106N20O11. The van der Waals surface area contributed by atoms with Crippen molar-refractivity contribution < 1.29 is 52.7 Å². The summed E-state index contributed by atoms with van der Waals surface area (Å²) in [5.74, 6) is -9.28. The van der Waals surface area contributed by atoms with Crippen LogP contribution in [0.3, 0.4) is 0 Å². The molecular weight excluding hydrogens is 1190 g/mol. The number of aromatic amines is 1. The molecule has 11 amide bonds. The summed E-state index contributed by atoms with van der Waals surface area (Å²) in [5, 5.41) is 38.0. The summed E-state index contributed by atoms with van der Waals surface area (Å²) < 4.78 is 0. The van der Waals surface area contributed by atoms with Crippen molar-refractivity contribution in [2.24, 2.45) is 46.1 Å². The van der Waals surface area contributed by atoms with Gasteiger partial charge in [0.05, 0.1) is 11.9 Å². The molecule has 2 aromatic rings. The highest BCUT2D eigenvalue weighted by Crippen LogP contribution is 2.15. The number of nitrogens with one attached hydrogen (secondary N) is 11. The first-order valence-electron chi connectivity index (χ1n) is 32.6. The van der Waals surface area contributed by atoms with Crippen molar-refractivity contribution in [3.63, 3.8) is 0 Å². The lowest BCUT2D eigenvalue weighted by Crippen LogP contribution is -2.61. The number of H-pyrrole nitrogens is 1. The second kappa shape index (κ2) is 44.7. The van der Waals surface area contributed by atoms with Gasteiger partial charge in [0.25, 0.3) is 0 Å². The second-order valence-corrected chi connectivity index (χ2v) is 23.8. The van der Waals surface area contributed by atoms with Crippen LogP contribution in [-0.2, 0) is 65.6 Å². The van der Waals surface area contributed by atoms with Gasteiger partial charge in [-0.15, -0.1) is 0 Å². The monoisotopic (exact) mass is 1290 g/mol. The Morgan fingerprint density at radius 2 is 0.652 bits per heavy atom. The van der Waals surface area contributed by atoms with Gasteiger partial charge in [0.1, 0.15) is 60.4 Å². The van der Waals surface area contributed by atoms with Crippen LogP contribution in [0, 0.1) is 5.92 Å². The molecule has 25 N–H and O–H groups in total. The van der Waals surface area contributed by atoms with Gasteiger partial charge in [0.2, 0.25) is 65.0 Å². The Morgan fingerprint density at radius 3 is 0.935 bits per heavy atom. The first-order chi connectivity index (χ1) is 44.2. The highest BCUT2D eigenvalue weighted by Gasteiger charge is 2.37. The first kappa shape index (κ1) is 78.5. The molecule has 1 aliphatic rings. The molecule has 1 saturated heterocycles. The maximum Gasteiger partial charge on any atom is 0.243 e. The van der Waals surface area contributed by atoms with E-state index < -0.39 is 132 Å². The predicted octanol–water partition coefficient (Wildman–Crippen LogP) is -3.46. The number of aromatic nitrogens is 3. The number of benzene rings is 1. The molecule has 2 heterocycles. The fourth-order valence-electron chi connectivity index (χ4n) is 10.4. The largest absolute Gasteiger partial charge is 0.370 e. The number of hydrogen-bond acceptors (Lipinski definition) is 19. The summed E-state index contributed by atoms with van der Waals surface area (Å²) in [6, 6.07) is -5.00. The molecule has 3 rings (SSSR count). The number of carbonyl (C=O) groups is 11. The van der Waals surface area contributed by atoms with Gasteiger partial charge >= 0.3 is 0 Å². The molecule has 1 aliphatic heterocycles. The normalized spacial score (nSPS) is 23.4. The van der Waals surface area contributed by atoms with Crippen molar-refractivity contribution in [2.45, 2.75) is 222 Å². The predicted molar refractivity (Wildman–Crippen MR) is 345 cm³/mol. The molecule has 0 aliphatic carbocycles. The van der Waals surface area contributed by atoms with Crippen molar-refractivity contribution in [3.8, 4) is 0 Å². The van der Waals surface area contributed by atoms with Crippen LogP contribution in [0.2, 0.25) is 0 Å². The Bertz CT molecular complexity index is 2580. The Hall–Kier alpha value is -7.71. The number of hydrogen-bond donors (Lipinski definition) is 18. The number of primary amides is 1. The highest BCUT2D eigenvalue weighted by molar-refractivity contribution is 5.99. The summed E-state index contributed by atoms with van der Waals surface area (Å²) in [6.07, 6.45) is 4.91. The molecule has 92 heavy (non-hydrogen) atoms. The molecule has 31 nitrogen and oxygen atoms in total. The van der Waals surface area contributed by atoms with E-state index in [2.05, 4.69) is 68.6 Å². The molecule has 31 heteroatoms. The van der Waals surface area contributed by atoms with Crippen LogP contribution in [0.1, 0.15) is 160 Å². The van der Waals surface area contributed by atoms with Crippen molar-refractivity contribution in [1.82, 2.24) is 68.6 Å².